The summed E-state index contributed by atoms with van der Waals surface area (Å²) in [5.41, 5.74) is 1.15. The largest absolute Gasteiger partial charge is 0.372 e. The number of thiophene rings is 1. The van der Waals surface area contributed by atoms with Crippen molar-refractivity contribution in [1.82, 2.24) is 10.2 Å². The standard InChI is InChI=1S/C12H18N2O2S/c1-9-6-14(7-10(2)16-9)12(15)13-5-11-3-4-17-8-11/h3-4,8-10H,5-7H2,1-2H3,(H,13,15). The van der Waals surface area contributed by atoms with Crippen molar-refractivity contribution in [3.8, 4) is 0 Å². The van der Waals surface area contributed by atoms with Crippen LogP contribution in [0.2, 0.25) is 0 Å². The first kappa shape index (κ1) is 12.4. The molecule has 0 saturated carbocycles. The zero-order valence-electron chi connectivity index (χ0n) is 10.2. The Labute approximate surface area is 106 Å². The Balaban J connectivity index is 1.83. The van der Waals surface area contributed by atoms with Gasteiger partial charge in [0.05, 0.1) is 12.2 Å². The lowest BCUT2D eigenvalue weighted by Gasteiger charge is -2.35. The number of carbonyl (C=O) groups is 1. The van der Waals surface area contributed by atoms with E-state index in [4.69, 9.17) is 4.74 Å². The van der Waals surface area contributed by atoms with E-state index in [-0.39, 0.29) is 18.2 Å². The lowest BCUT2D eigenvalue weighted by molar-refractivity contribution is -0.0545. The van der Waals surface area contributed by atoms with Crippen molar-refractivity contribution >= 4 is 17.4 Å². The second-order valence-corrected chi connectivity index (χ2v) is 5.23. The van der Waals surface area contributed by atoms with Crippen molar-refractivity contribution in [2.24, 2.45) is 0 Å². The minimum Gasteiger partial charge on any atom is -0.372 e. The van der Waals surface area contributed by atoms with Crippen molar-refractivity contribution < 1.29 is 9.53 Å². The fourth-order valence-corrected chi connectivity index (χ4v) is 2.70. The van der Waals surface area contributed by atoms with E-state index in [1.54, 1.807) is 11.3 Å². The summed E-state index contributed by atoms with van der Waals surface area (Å²) in [7, 11) is 0. The molecule has 17 heavy (non-hydrogen) atoms. The van der Waals surface area contributed by atoms with Gasteiger partial charge in [-0.05, 0) is 36.2 Å². The third-order valence-electron chi connectivity index (χ3n) is 2.73. The molecular formula is C12H18N2O2S. The first-order valence-corrected chi connectivity index (χ1v) is 6.78. The molecular weight excluding hydrogens is 236 g/mol. The first-order chi connectivity index (χ1) is 8.15. The van der Waals surface area contributed by atoms with Crippen molar-refractivity contribution in [3.63, 3.8) is 0 Å². The van der Waals surface area contributed by atoms with Crippen LogP contribution in [0.4, 0.5) is 4.79 Å². The van der Waals surface area contributed by atoms with Crippen LogP contribution in [0.3, 0.4) is 0 Å². The second-order valence-electron chi connectivity index (χ2n) is 4.45. The molecule has 94 valence electrons. The fraction of sp³-hybridized carbons (Fsp3) is 0.583. The minimum absolute atomic E-state index is 0.00167. The number of nitrogens with zero attached hydrogens (tertiary/aromatic N) is 1. The number of hydrogen-bond donors (Lipinski definition) is 1. The van der Waals surface area contributed by atoms with Gasteiger partial charge in [0, 0.05) is 19.6 Å². The van der Waals surface area contributed by atoms with Gasteiger partial charge in [0.15, 0.2) is 0 Å². The predicted molar refractivity (Wildman–Crippen MR) is 68.1 cm³/mol. The van der Waals surface area contributed by atoms with Crippen molar-refractivity contribution in [3.05, 3.63) is 22.4 Å². The van der Waals surface area contributed by atoms with Gasteiger partial charge in [-0.15, -0.1) is 0 Å². The smallest absolute Gasteiger partial charge is 0.317 e. The highest BCUT2D eigenvalue weighted by atomic mass is 32.1. The summed E-state index contributed by atoms with van der Waals surface area (Å²) in [4.78, 5) is 13.8. The van der Waals surface area contributed by atoms with Gasteiger partial charge < -0.3 is 15.0 Å². The first-order valence-electron chi connectivity index (χ1n) is 5.84. The van der Waals surface area contributed by atoms with Crippen LogP contribution in [0.25, 0.3) is 0 Å². The lowest BCUT2D eigenvalue weighted by atomic mass is 10.2. The van der Waals surface area contributed by atoms with E-state index in [0.29, 0.717) is 19.6 Å². The molecule has 1 aliphatic rings. The SMILES string of the molecule is CC1CN(C(=O)NCc2ccsc2)CC(C)O1. The summed E-state index contributed by atoms with van der Waals surface area (Å²) in [6, 6.07) is 2.02. The van der Waals surface area contributed by atoms with Gasteiger partial charge in [-0.3, -0.25) is 0 Å². The molecule has 1 aromatic heterocycles. The molecule has 0 aliphatic carbocycles. The number of morpholine rings is 1. The highest BCUT2D eigenvalue weighted by Gasteiger charge is 2.25. The van der Waals surface area contributed by atoms with Gasteiger partial charge in [0.2, 0.25) is 0 Å². The maximum atomic E-state index is 11.9. The van der Waals surface area contributed by atoms with E-state index in [9.17, 15) is 4.79 Å². The number of carbonyl (C=O) groups excluding carboxylic acids is 1. The highest BCUT2D eigenvalue weighted by molar-refractivity contribution is 7.07. The Hall–Kier alpha value is -1.07. The Bertz CT molecular complexity index is 357. The summed E-state index contributed by atoms with van der Waals surface area (Å²) in [6.07, 6.45) is 0.233. The number of hydrogen-bond acceptors (Lipinski definition) is 3. The Morgan fingerprint density at radius 3 is 2.82 bits per heavy atom. The fourth-order valence-electron chi connectivity index (χ4n) is 2.03. The van der Waals surface area contributed by atoms with Crippen LogP contribution in [-0.4, -0.2) is 36.2 Å². The average Bonchev–Trinajstić information content (AvgIpc) is 2.77. The van der Waals surface area contributed by atoms with Crippen molar-refractivity contribution in [1.29, 1.82) is 0 Å². The number of rotatable bonds is 2. The Kier molecular flexibility index (Phi) is 4.02. The number of ether oxygens (including phenoxy) is 1. The molecule has 1 fully saturated rings. The Morgan fingerprint density at radius 1 is 1.53 bits per heavy atom. The van der Waals surface area contributed by atoms with Crippen molar-refractivity contribution in [2.45, 2.75) is 32.6 Å². The topological polar surface area (TPSA) is 41.6 Å². The van der Waals surface area contributed by atoms with Gasteiger partial charge in [-0.25, -0.2) is 4.79 Å². The van der Waals surface area contributed by atoms with Gasteiger partial charge in [0.25, 0.3) is 0 Å². The summed E-state index contributed by atoms with van der Waals surface area (Å²) < 4.78 is 5.60. The van der Waals surface area contributed by atoms with Gasteiger partial charge in [-0.2, -0.15) is 11.3 Å². The third-order valence-corrected chi connectivity index (χ3v) is 3.46. The van der Waals surface area contributed by atoms with E-state index in [1.165, 1.54) is 0 Å². The van der Waals surface area contributed by atoms with Crippen LogP contribution in [0.15, 0.2) is 16.8 Å². The average molecular weight is 254 g/mol. The predicted octanol–water partition coefficient (Wildman–Crippen LogP) is 2.07. The van der Waals surface area contributed by atoms with Gasteiger partial charge in [0.1, 0.15) is 0 Å². The molecule has 1 aliphatic heterocycles. The van der Waals surface area contributed by atoms with E-state index in [1.807, 2.05) is 35.6 Å². The van der Waals surface area contributed by atoms with E-state index in [2.05, 4.69) is 5.32 Å². The molecule has 5 heteroatoms. The quantitative estimate of drug-likeness (QED) is 0.878. The Morgan fingerprint density at radius 2 is 2.24 bits per heavy atom. The maximum absolute atomic E-state index is 11.9. The normalized spacial score (nSPS) is 24.7. The molecule has 2 atom stereocenters. The van der Waals surface area contributed by atoms with Crippen LogP contribution in [0, 0.1) is 0 Å². The third kappa shape index (κ3) is 3.44. The molecule has 2 rings (SSSR count). The van der Waals surface area contributed by atoms with Crippen LogP contribution in [0.5, 0.6) is 0 Å². The summed E-state index contributed by atoms with van der Waals surface area (Å²) in [5, 5.41) is 6.99. The molecule has 2 amide bonds. The zero-order chi connectivity index (χ0) is 12.3. The molecule has 1 N–H and O–H groups in total. The lowest BCUT2D eigenvalue weighted by Crippen LogP contribution is -2.51. The molecule has 4 nitrogen and oxygen atoms in total. The summed E-state index contributed by atoms with van der Waals surface area (Å²) in [5.74, 6) is 0. The van der Waals surface area contributed by atoms with Crippen LogP contribution in [0.1, 0.15) is 19.4 Å². The zero-order valence-corrected chi connectivity index (χ0v) is 11.0. The summed E-state index contributed by atoms with van der Waals surface area (Å²) in [6.45, 7) is 5.92. The molecule has 0 bridgehead atoms. The molecule has 0 radical (unpaired) electrons. The second kappa shape index (κ2) is 5.51. The number of urea groups is 1. The molecule has 1 saturated heterocycles. The van der Waals surface area contributed by atoms with E-state index < -0.39 is 0 Å². The minimum atomic E-state index is -0.00167. The van der Waals surface area contributed by atoms with Gasteiger partial charge in [-0.1, -0.05) is 0 Å². The van der Waals surface area contributed by atoms with Crippen LogP contribution in [-0.2, 0) is 11.3 Å². The van der Waals surface area contributed by atoms with Crippen molar-refractivity contribution in [2.75, 3.05) is 13.1 Å². The molecule has 1 aromatic rings. The van der Waals surface area contributed by atoms with E-state index >= 15 is 0 Å². The summed E-state index contributed by atoms with van der Waals surface area (Å²) >= 11 is 1.64. The molecule has 2 heterocycles. The molecule has 2 unspecified atom stereocenters. The van der Waals surface area contributed by atoms with Crippen LogP contribution >= 0.6 is 11.3 Å². The van der Waals surface area contributed by atoms with Gasteiger partial charge >= 0.3 is 6.03 Å². The van der Waals surface area contributed by atoms with E-state index in [0.717, 1.165) is 5.56 Å². The number of amides is 2. The highest BCUT2D eigenvalue weighted by Crippen LogP contribution is 2.11. The molecule has 0 spiro atoms. The monoisotopic (exact) mass is 254 g/mol. The number of nitrogens with one attached hydrogen (secondary N) is 1. The molecule has 0 aromatic carbocycles. The maximum Gasteiger partial charge on any atom is 0.317 e. The van der Waals surface area contributed by atoms with Crippen LogP contribution < -0.4 is 5.32 Å².